The van der Waals surface area contributed by atoms with E-state index in [4.69, 9.17) is 9.84 Å². The number of fused-ring (bicyclic) bond motifs is 1. The Morgan fingerprint density at radius 2 is 1.74 bits per heavy atom. The van der Waals surface area contributed by atoms with Crippen LogP contribution in [-0.4, -0.2) is 47.3 Å². The van der Waals surface area contributed by atoms with Crippen molar-refractivity contribution in [3.05, 3.63) is 64.7 Å². The van der Waals surface area contributed by atoms with E-state index in [-0.39, 0.29) is 23.5 Å². The zero-order chi connectivity index (χ0) is 30.3. The molecule has 0 aliphatic rings. The Morgan fingerprint density at radius 1 is 0.976 bits per heavy atom. The van der Waals surface area contributed by atoms with Crippen LogP contribution in [0.3, 0.4) is 0 Å². The number of unbranched alkanes of at least 4 members (excludes halogenated alkanes) is 4. The lowest BCUT2D eigenvalue weighted by Crippen LogP contribution is -2.25. The molecule has 0 unspecified atom stereocenters. The third-order valence-corrected chi connectivity index (χ3v) is 8.22. The summed E-state index contributed by atoms with van der Waals surface area (Å²) in [4.78, 5) is 36.4. The molecule has 0 bridgehead atoms. The number of amides is 1. The van der Waals surface area contributed by atoms with Crippen LogP contribution < -0.4 is 10.1 Å². The number of aliphatic carboxylic acids is 1. The van der Waals surface area contributed by atoms with Gasteiger partial charge in [0.2, 0.25) is 0 Å². The first-order valence-electron chi connectivity index (χ1n) is 15.0. The Morgan fingerprint density at radius 3 is 2.45 bits per heavy atom. The molecule has 7 nitrogen and oxygen atoms in total. The van der Waals surface area contributed by atoms with Crippen molar-refractivity contribution in [3.63, 3.8) is 0 Å². The average molecular weight is 594 g/mol. The normalized spacial score (nSPS) is 11.0. The number of rotatable bonds is 19. The molecular weight excluding hydrogens is 550 g/mol. The molecule has 0 aliphatic carbocycles. The highest BCUT2D eigenvalue weighted by molar-refractivity contribution is 7.99. The maximum atomic E-state index is 13.1. The van der Waals surface area contributed by atoms with Crippen molar-refractivity contribution in [3.8, 4) is 11.5 Å². The van der Waals surface area contributed by atoms with Crippen molar-refractivity contribution in [2.75, 3.05) is 18.9 Å². The topological polar surface area (TPSA) is 113 Å². The smallest absolute Gasteiger partial charge is 0.304 e. The standard InChI is InChI=1S/C34H43NO6S/c1-3-5-7-11-24-15-16-29(25(21-24)12-8-6-4-2)41-19-10-18-35-34(40)28-22-30(42-20-17-31(37)38)32-26(23-36)13-9-14-27(32)33(28)39/h9,13-16,21-23,39H,3-8,10-12,17-20H2,1-2H3,(H,35,40)(H,37,38). The second kappa shape index (κ2) is 17.4. The maximum Gasteiger partial charge on any atom is 0.304 e. The first-order chi connectivity index (χ1) is 20.4. The number of carbonyl (C=O) groups excluding carboxylic acids is 2. The molecule has 226 valence electrons. The van der Waals surface area contributed by atoms with Crippen LogP contribution >= 0.6 is 11.8 Å². The number of hydrogen-bond donors (Lipinski definition) is 3. The second-order valence-electron chi connectivity index (χ2n) is 10.5. The summed E-state index contributed by atoms with van der Waals surface area (Å²) in [5.74, 6) is -0.417. The van der Waals surface area contributed by atoms with Gasteiger partial charge in [0.1, 0.15) is 11.5 Å². The van der Waals surface area contributed by atoms with Gasteiger partial charge in [-0.15, -0.1) is 11.8 Å². The van der Waals surface area contributed by atoms with Gasteiger partial charge in [0.15, 0.2) is 6.29 Å². The van der Waals surface area contributed by atoms with E-state index >= 15 is 0 Å². The molecule has 3 N–H and O–H groups in total. The van der Waals surface area contributed by atoms with E-state index in [2.05, 4.69) is 37.4 Å². The maximum absolute atomic E-state index is 13.1. The fourth-order valence-electron chi connectivity index (χ4n) is 4.91. The number of phenolic OH excluding ortho intramolecular Hbond substituents is 1. The molecule has 0 saturated carbocycles. The second-order valence-corrected chi connectivity index (χ2v) is 11.6. The molecule has 0 fully saturated rings. The van der Waals surface area contributed by atoms with Gasteiger partial charge in [-0.2, -0.15) is 0 Å². The van der Waals surface area contributed by atoms with Gasteiger partial charge in [-0.25, -0.2) is 0 Å². The number of aldehydes is 1. The van der Waals surface area contributed by atoms with Crippen molar-refractivity contribution in [2.24, 2.45) is 0 Å². The van der Waals surface area contributed by atoms with Gasteiger partial charge in [-0.05, 0) is 55.4 Å². The van der Waals surface area contributed by atoms with E-state index in [1.807, 2.05) is 0 Å². The lowest BCUT2D eigenvalue weighted by molar-refractivity contribution is -0.136. The van der Waals surface area contributed by atoms with Gasteiger partial charge < -0.3 is 20.3 Å². The fourth-order valence-corrected chi connectivity index (χ4v) is 5.98. The fraction of sp³-hybridized carbons (Fsp3) is 0.441. The molecule has 0 heterocycles. The van der Waals surface area contributed by atoms with E-state index in [1.54, 1.807) is 18.2 Å². The van der Waals surface area contributed by atoms with E-state index < -0.39 is 11.9 Å². The molecule has 3 aromatic carbocycles. The minimum atomic E-state index is -0.933. The third kappa shape index (κ3) is 9.51. The van der Waals surface area contributed by atoms with Crippen LogP contribution in [0.5, 0.6) is 11.5 Å². The van der Waals surface area contributed by atoms with Crippen LogP contribution in [0.15, 0.2) is 47.4 Å². The van der Waals surface area contributed by atoms with Gasteiger partial charge in [0.05, 0.1) is 18.6 Å². The number of hydrogen-bond acceptors (Lipinski definition) is 6. The van der Waals surface area contributed by atoms with E-state index in [0.717, 1.165) is 25.0 Å². The first-order valence-corrected chi connectivity index (χ1v) is 16.0. The summed E-state index contributed by atoms with van der Waals surface area (Å²) in [7, 11) is 0. The van der Waals surface area contributed by atoms with Crippen molar-refractivity contribution in [1.82, 2.24) is 5.32 Å². The molecule has 1 amide bonds. The highest BCUT2D eigenvalue weighted by atomic mass is 32.2. The van der Waals surface area contributed by atoms with Crippen LogP contribution in [0.4, 0.5) is 0 Å². The summed E-state index contributed by atoms with van der Waals surface area (Å²) in [6, 6.07) is 13.0. The van der Waals surface area contributed by atoms with Crippen molar-refractivity contribution < 1.29 is 29.3 Å². The zero-order valence-corrected chi connectivity index (χ0v) is 25.6. The minimum Gasteiger partial charge on any atom is -0.506 e. The number of aryl methyl sites for hydroxylation is 2. The number of ether oxygens (including phenoxy) is 1. The molecule has 0 aliphatic heterocycles. The number of carbonyl (C=O) groups is 3. The monoisotopic (exact) mass is 593 g/mol. The van der Waals surface area contributed by atoms with Gasteiger partial charge in [-0.3, -0.25) is 14.4 Å². The van der Waals surface area contributed by atoms with Crippen molar-refractivity contribution in [1.29, 1.82) is 0 Å². The minimum absolute atomic E-state index is 0.0697. The van der Waals surface area contributed by atoms with Crippen LogP contribution in [0.2, 0.25) is 0 Å². The Kier molecular flexibility index (Phi) is 13.7. The summed E-state index contributed by atoms with van der Waals surface area (Å²) in [6.07, 6.45) is 10.4. The molecule has 8 heteroatoms. The lowest BCUT2D eigenvalue weighted by atomic mass is 10.00. The van der Waals surface area contributed by atoms with E-state index in [0.29, 0.717) is 47.1 Å². The Labute approximate surface area is 253 Å². The molecule has 0 radical (unpaired) electrons. The largest absolute Gasteiger partial charge is 0.506 e. The number of carboxylic acids is 1. The summed E-state index contributed by atoms with van der Waals surface area (Å²) in [6.45, 7) is 5.21. The average Bonchev–Trinajstić information content (AvgIpc) is 2.98. The molecule has 3 rings (SSSR count). The van der Waals surface area contributed by atoms with Gasteiger partial charge in [0.25, 0.3) is 5.91 Å². The van der Waals surface area contributed by atoms with Crippen LogP contribution in [0.1, 0.15) is 97.1 Å². The predicted octanol–water partition coefficient (Wildman–Crippen LogP) is 7.59. The summed E-state index contributed by atoms with van der Waals surface area (Å²) in [5.41, 5.74) is 3.05. The quantitative estimate of drug-likeness (QED) is 0.0746. The molecule has 0 aromatic heterocycles. The number of carboxylic acid groups (broad SMARTS) is 1. The zero-order valence-electron chi connectivity index (χ0n) is 24.7. The Hall–Kier alpha value is -3.52. The first kappa shape index (κ1) is 33.0. The number of nitrogens with one attached hydrogen (secondary N) is 1. The van der Waals surface area contributed by atoms with Crippen molar-refractivity contribution >= 4 is 40.7 Å². The van der Waals surface area contributed by atoms with Crippen LogP contribution in [-0.2, 0) is 17.6 Å². The highest BCUT2D eigenvalue weighted by Crippen LogP contribution is 2.38. The van der Waals surface area contributed by atoms with Gasteiger partial charge >= 0.3 is 5.97 Å². The van der Waals surface area contributed by atoms with Gasteiger partial charge in [-0.1, -0.05) is 69.9 Å². The number of thioether (sulfide) groups is 1. The van der Waals surface area contributed by atoms with Crippen LogP contribution in [0, 0.1) is 0 Å². The number of phenols is 1. The molecule has 0 spiro atoms. The summed E-state index contributed by atoms with van der Waals surface area (Å²) >= 11 is 1.24. The van der Waals surface area contributed by atoms with E-state index in [1.165, 1.54) is 61.1 Å². The molecule has 42 heavy (non-hydrogen) atoms. The van der Waals surface area contributed by atoms with Gasteiger partial charge in [0, 0.05) is 33.5 Å². The summed E-state index contributed by atoms with van der Waals surface area (Å²) in [5, 5.41) is 23.7. The third-order valence-electron chi connectivity index (χ3n) is 7.18. The van der Waals surface area contributed by atoms with Crippen molar-refractivity contribution in [2.45, 2.75) is 83.0 Å². The molecule has 3 aromatic rings. The Bertz CT molecular complexity index is 1360. The molecular formula is C34H43NO6S. The number of benzene rings is 3. The lowest BCUT2D eigenvalue weighted by Gasteiger charge is -2.15. The molecule has 0 saturated heterocycles. The Balaban J connectivity index is 1.64. The number of aromatic hydroxyl groups is 1. The van der Waals surface area contributed by atoms with Crippen LogP contribution in [0.25, 0.3) is 10.8 Å². The van der Waals surface area contributed by atoms with E-state index in [9.17, 15) is 19.5 Å². The SMILES string of the molecule is CCCCCc1ccc(OCCCNC(=O)c2cc(SCCC(=O)O)c3c(C=O)cccc3c2O)c(CCCCC)c1. The highest BCUT2D eigenvalue weighted by Gasteiger charge is 2.19. The predicted molar refractivity (Wildman–Crippen MR) is 169 cm³/mol. The summed E-state index contributed by atoms with van der Waals surface area (Å²) < 4.78 is 6.14. The molecule has 0 atom stereocenters.